The lowest BCUT2D eigenvalue weighted by molar-refractivity contribution is -0.145. The van der Waals surface area contributed by atoms with Crippen molar-refractivity contribution in [3.8, 4) is 0 Å². The van der Waals surface area contributed by atoms with Crippen molar-refractivity contribution in [1.29, 1.82) is 0 Å². The number of carbonyl (C=O) groups is 1. The zero-order valence-corrected chi connectivity index (χ0v) is 11.0. The molecule has 0 aromatic heterocycles. The highest BCUT2D eigenvalue weighted by Crippen LogP contribution is 2.20. The molecule has 1 heterocycles. The quantitative estimate of drug-likeness (QED) is 0.722. The largest absolute Gasteiger partial charge is 0.368 e. The molecule has 1 rings (SSSR count). The van der Waals surface area contributed by atoms with Gasteiger partial charge in [-0.25, -0.2) is 0 Å². The molecule has 1 aliphatic rings. The van der Waals surface area contributed by atoms with E-state index in [0.29, 0.717) is 12.1 Å². The molecule has 1 fully saturated rings. The number of nitrogens with zero attached hydrogens (tertiary/aromatic N) is 1. The van der Waals surface area contributed by atoms with Crippen LogP contribution in [0.15, 0.2) is 0 Å². The van der Waals surface area contributed by atoms with Crippen molar-refractivity contribution in [3.05, 3.63) is 0 Å². The van der Waals surface area contributed by atoms with Gasteiger partial charge in [0.05, 0.1) is 0 Å². The van der Waals surface area contributed by atoms with Crippen LogP contribution in [0.1, 0.15) is 53.4 Å². The standard InChI is InChI=1S/C13H25NO2/c1-5-10(3)14(11(4)6-2)13(15)12-8-7-9-16-12/h10-12H,5-9H2,1-4H3. The third-order valence-corrected chi connectivity index (χ3v) is 3.59. The van der Waals surface area contributed by atoms with Gasteiger partial charge in [0.1, 0.15) is 6.10 Å². The van der Waals surface area contributed by atoms with E-state index in [-0.39, 0.29) is 12.0 Å². The van der Waals surface area contributed by atoms with E-state index in [1.54, 1.807) is 0 Å². The smallest absolute Gasteiger partial charge is 0.252 e. The van der Waals surface area contributed by atoms with Crippen molar-refractivity contribution in [1.82, 2.24) is 4.90 Å². The van der Waals surface area contributed by atoms with Crippen molar-refractivity contribution < 1.29 is 9.53 Å². The van der Waals surface area contributed by atoms with Crippen LogP contribution < -0.4 is 0 Å². The van der Waals surface area contributed by atoms with Crippen LogP contribution in [0, 0.1) is 0 Å². The first-order chi connectivity index (χ1) is 7.61. The molecule has 1 saturated heterocycles. The Morgan fingerprint density at radius 2 is 1.88 bits per heavy atom. The first-order valence-corrected chi connectivity index (χ1v) is 6.55. The van der Waals surface area contributed by atoms with E-state index >= 15 is 0 Å². The monoisotopic (exact) mass is 227 g/mol. The Morgan fingerprint density at radius 1 is 1.31 bits per heavy atom. The summed E-state index contributed by atoms with van der Waals surface area (Å²) in [5, 5.41) is 0. The summed E-state index contributed by atoms with van der Waals surface area (Å²) >= 11 is 0. The first kappa shape index (κ1) is 13.5. The molecule has 0 saturated carbocycles. The lowest BCUT2D eigenvalue weighted by Gasteiger charge is -2.35. The lowest BCUT2D eigenvalue weighted by Crippen LogP contribution is -2.48. The van der Waals surface area contributed by atoms with E-state index < -0.39 is 0 Å². The Balaban J connectivity index is 2.70. The number of carbonyl (C=O) groups excluding carboxylic acids is 1. The Labute approximate surface area is 99.1 Å². The highest BCUT2D eigenvalue weighted by atomic mass is 16.5. The van der Waals surface area contributed by atoms with Crippen LogP contribution in [0.4, 0.5) is 0 Å². The molecule has 0 spiro atoms. The Morgan fingerprint density at radius 3 is 2.25 bits per heavy atom. The second-order valence-corrected chi connectivity index (χ2v) is 4.76. The summed E-state index contributed by atoms with van der Waals surface area (Å²) in [6, 6.07) is 0.623. The van der Waals surface area contributed by atoms with E-state index in [1.807, 2.05) is 4.90 Å². The topological polar surface area (TPSA) is 29.5 Å². The lowest BCUT2D eigenvalue weighted by atomic mass is 10.1. The second-order valence-electron chi connectivity index (χ2n) is 4.76. The van der Waals surface area contributed by atoms with Crippen molar-refractivity contribution >= 4 is 5.91 Å². The minimum Gasteiger partial charge on any atom is -0.368 e. The molecule has 0 radical (unpaired) electrons. The summed E-state index contributed by atoms with van der Waals surface area (Å²) in [6.07, 6.45) is 3.74. The average Bonchev–Trinajstić information content (AvgIpc) is 2.81. The molecule has 94 valence electrons. The molecule has 0 aromatic carbocycles. The molecule has 3 unspecified atom stereocenters. The van der Waals surface area contributed by atoms with Gasteiger partial charge in [0, 0.05) is 18.7 Å². The number of ether oxygens (including phenoxy) is 1. The van der Waals surface area contributed by atoms with Crippen molar-refractivity contribution in [2.75, 3.05) is 6.61 Å². The maximum atomic E-state index is 12.3. The van der Waals surface area contributed by atoms with Crippen LogP contribution in [0.2, 0.25) is 0 Å². The molecule has 1 aliphatic heterocycles. The highest BCUT2D eigenvalue weighted by molar-refractivity contribution is 5.81. The molecule has 0 bridgehead atoms. The van der Waals surface area contributed by atoms with E-state index in [0.717, 1.165) is 32.3 Å². The number of amides is 1. The van der Waals surface area contributed by atoms with E-state index in [1.165, 1.54) is 0 Å². The van der Waals surface area contributed by atoms with E-state index in [9.17, 15) is 4.79 Å². The fraction of sp³-hybridized carbons (Fsp3) is 0.923. The van der Waals surface area contributed by atoms with Gasteiger partial charge < -0.3 is 9.64 Å². The zero-order chi connectivity index (χ0) is 12.1. The average molecular weight is 227 g/mol. The summed E-state index contributed by atoms with van der Waals surface area (Å²) < 4.78 is 5.49. The van der Waals surface area contributed by atoms with Crippen LogP contribution in [0.5, 0.6) is 0 Å². The molecular formula is C13H25NO2. The zero-order valence-electron chi connectivity index (χ0n) is 11.0. The summed E-state index contributed by atoms with van der Waals surface area (Å²) in [7, 11) is 0. The van der Waals surface area contributed by atoms with Gasteiger partial charge in [-0.05, 0) is 39.5 Å². The van der Waals surface area contributed by atoms with Crippen LogP contribution in [0.25, 0.3) is 0 Å². The fourth-order valence-corrected chi connectivity index (χ4v) is 2.20. The minimum atomic E-state index is -0.178. The van der Waals surface area contributed by atoms with Crippen LogP contribution in [-0.2, 0) is 9.53 Å². The van der Waals surface area contributed by atoms with Crippen molar-refractivity contribution in [2.45, 2.75) is 71.6 Å². The van der Waals surface area contributed by atoms with Gasteiger partial charge in [0.25, 0.3) is 5.91 Å². The molecule has 3 heteroatoms. The van der Waals surface area contributed by atoms with Gasteiger partial charge in [-0.1, -0.05) is 13.8 Å². The minimum absolute atomic E-state index is 0.178. The molecule has 3 nitrogen and oxygen atoms in total. The first-order valence-electron chi connectivity index (χ1n) is 6.55. The maximum absolute atomic E-state index is 12.3. The van der Waals surface area contributed by atoms with Gasteiger partial charge >= 0.3 is 0 Å². The molecule has 3 atom stereocenters. The molecule has 16 heavy (non-hydrogen) atoms. The summed E-state index contributed by atoms with van der Waals surface area (Å²) in [6.45, 7) is 9.24. The summed E-state index contributed by atoms with van der Waals surface area (Å²) in [5.41, 5.74) is 0. The predicted molar refractivity (Wildman–Crippen MR) is 65.3 cm³/mol. The highest BCUT2D eigenvalue weighted by Gasteiger charge is 2.32. The van der Waals surface area contributed by atoms with Gasteiger partial charge in [-0.15, -0.1) is 0 Å². The van der Waals surface area contributed by atoms with Gasteiger partial charge in [0.2, 0.25) is 0 Å². The predicted octanol–water partition coefficient (Wildman–Crippen LogP) is 2.59. The van der Waals surface area contributed by atoms with Gasteiger partial charge in [-0.2, -0.15) is 0 Å². The fourth-order valence-electron chi connectivity index (χ4n) is 2.20. The molecule has 0 aromatic rings. The summed E-state index contributed by atoms with van der Waals surface area (Å²) in [4.78, 5) is 14.4. The molecule has 0 N–H and O–H groups in total. The van der Waals surface area contributed by atoms with Crippen LogP contribution >= 0.6 is 0 Å². The SMILES string of the molecule is CCC(C)N(C(=O)C1CCCO1)C(C)CC. The second kappa shape index (κ2) is 6.24. The molecular weight excluding hydrogens is 202 g/mol. The molecule has 0 aliphatic carbocycles. The van der Waals surface area contributed by atoms with Crippen LogP contribution in [0.3, 0.4) is 0 Å². The van der Waals surface area contributed by atoms with Crippen molar-refractivity contribution in [2.24, 2.45) is 0 Å². The third-order valence-electron chi connectivity index (χ3n) is 3.59. The number of rotatable bonds is 5. The normalized spacial score (nSPS) is 24.1. The number of hydrogen-bond acceptors (Lipinski definition) is 2. The molecule has 1 amide bonds. The van der Waals surface area contributed by atoms with Crippen LogP contribution in [-0.4, -0.2) is 35.6 Å². The van der Waals surface area contributed by atoms with E-state index in [4.69, 9.17) is 4.74 Å². The Kier molecular flexibility index (Phi) is 5.26. The number of hydrogen-bond donors (Lipinski definition) is 0. The van der Waals surface area contributed by atoms with Gasteiger partial charge in [0.15, 0.2) is 0 Å². The Hall–Kier alpha value is -0.570. The third kappa shape index (κ3) is 2.97. The van der Waals surface area contributed by atoms with Crippen molar-refractivity contribution in [3.63, 3.8) is 0 Å². The van der Waals surface area contributed by atoms with Gasteiger partial charge in [-0.3, -0.25) is 4.79 Å². The summed E-state index contributed by atoms with van der Waals surface area (Å²) in [5.74, 6) is 0.196. The maximum Gasteiger partial charge on any atom is 0.252 e. The Bertz CT molecular complexity index is 214. The van der Waals surface area contributed by atoms with E-state index in [2.05, 4.69) is 27.7 Å².